The number of sulfonamides is 1. The third-order valence-corrected chi connectivity index (χ3v) is 4.82. The molecule has 0 amide bonds. The van der Waals surface area contributed by atoms with Gasteiger partial charge in [0.25, 0.3) is 10.0 Å². The van der Waals surface area contributed by atoms with Gasteiger partial charge in [0.2, 0.25) is 0 Å². The molecule has 0 saturated heterocycles. The maximum absolute atomic E-state index is 12.0. The van der Waals surface area contributed by atoms with Gasteiger partial charge in [-0.3, -0.25) is 0 Å². The summed E-state index contributed by atoms with van der Waals surface area (Å²) < 4.78 is 26.5. The van der Waals surface area contributed by atoms with Gasteiger partial charge in [-0.2, -0.15) is 0 Å². The molecule has 0 aromatic carbocycles. The quantitative estimate of drug-likeness (QED) is 0.693. The van der Waals surface area contributed by atoms with Gasteiger partial charge in [-0.15, -0.1) is 11.3 Å². The number of aryl methyl sites for hydroxylation is 1. The normalized spacial score (nSPS) is 12.0. The number of imidazole rings is 1. The summed E-state index contributed by atoms with van der Waals surface area (Å²) in [6.45, 7) is 1.74. The van der Waals surface area contributed by atoms with E-state index in [4.69, 9.17) is 5.11 Å². The Morgan fingerprint density at radius 1 is 1.57 bits per heavy atom. The molecule has 2 aromatic heterocycles. The van der Waals surface area contributed by atoms with Gasteiger partial charge >= 0.3 is 5.97 Å². The summed E-state index contributed by atoms with van der Waals surface area (Å²) in [4.78, 5) is 17.7. The Bertz CT molecular complexity index is 774. The summed E-state index contributed by atoms with van der Waals surface area (Å²) in [6, 6.07) is 1.73. The van der Waals surface area contributed by atoms with Crippen LogP contribution in [0.5, 0.6) is 0 Å². The lowest BCUT2D eigenvalue weighted by molar-refractivity contribution is -0.131. The Kier molecular flexibility index (Phi) is 4.56. The zero-order chi connectivity index (χ0) is 15.5. The number of hydrogen-bond donors (Lipinski definition) is 3. The first kappa shape index (κ1) is 15.4. The third kappa shape index (κ3) is 4.00. The predicted octanol–water partition coefficient (Wildman–Crippen LogP) is 1.36. The van der Waals surface area contributed by atoms with Crippen molar-refractivity contribution in [1.82, 2.24) is 14.7 Å². The predicted molar refractivity (Wildman–Crippen MR) is 78.3 cm³/mol. The second-order valence-electron chi connectivity index (χ2n) is 4.13. The summed E-state index contributed by atoms with van der Waals surface area (Å²) >= 11 is 1.35. The number of rotatable bonds is 6. The number of nitrogens with zero attached hydrogens (tertiary/aromatic N) is 1. The van der Waals surface area contributed by atoms with Crippen molar-refractivity contribution in [2.45, 2.75) is 18.5 Å². The van der Waals surface area contributed by atoms with Crippen LogP contribution >= 0.6 is 11.3 Å². The Balaban J connectivity index is 2.10. The van der Waals surface area contributed by atoms with E-state index in [-0.39, 0.29) is 11.6 Å². The van der Waals surface area contributed by atoms with E-state index in [1.54, 1.807) is 18.4 Å². The Hall–Kier alpha value is -1.97. The van der Waals surface area contributed by atoms with Crippen LogP contribution in [0.4, 0.5) is 0 Å². The van der Waals surface area contributed by atoms with Crippen molar-refractivity contribution in [3.05, 3.63) is 40.0 Å². The summed E-state index contributed by atoms with van der Waals surface area (Å²) in [5, 5.41) is 10.4. The minimum Gasteiger partial charge on any atom is -0.478 e. The van der Waals surface area contributed by atoms with Crippen LogP contribution in [0.2, 0.25) is 0 Å². The number of aromatic nitrogens is 2. The van der Waals surface area contributed by atoms with Gasteiger partial charge < -0.3 is 10.1 Å². The molecule has 0 spiro atoms. The molecule has 112 valence electrons. The molecule has 0 bridgehead atoms. The molecule has 0 saturated carbocycles. The van der Waals surface area contributed by atoms with Crippen LogP contribution in [0, 0.1) is 6.92 Å². The van der Waals surface area contributed by atoms with E-state index < -0.39 is 16.0 Å². The van der Waals surface area contributed by atoms with Crippen LogP contribution in [0.3, 0.4) is 0 Å². The van der Waals surface area contributed by atoms with E-state index in [0.29, 0.717) is 11.4 Å². The summed E-state index contributed by atoms with van der Waals surface area (Å²) in [5.74, 6) is -0.544. The van der Waals surface area contributed by atoms with Crippen molar-refractivity contribution in [3.63, 3.8) is 0 Å². The van der Waals surface area contributed by atoms with Crippen molar-refractivity contribution in [2.24, 2.45) is 0 Å². The number of carboxylic acids is 1. The average Bonchev–Trinajstić information content (AvgIpc) is 3.03. The lowest BCUT2D eigenvalue weighted by Gasteiger charge is -2.04. The van der Waals surface area contributed by atoms with E-state index in [1.807, 2.05) is 0 Å². The van der Waals surface area contributed by atoms with Gasteiger partial charge in [-0.05, 0) is 30.0 Å². The van der Waals surface area contributed by atoms with Crippen molar-refractivity contribution < 1.29 is 18.3 Å². The first-order chi connectivity index (χ1) is 9.88. The van der Waals surface area contributed by atoms with E-state index >= 15 is 0 Å². The van der Waals surface area contributed by atoms with Gasteiger partial charge in [-0.25, -0.2) is 22.9 Å². The highest BCUT2D eigenvalue weighted by Gasteiger charge is 2.16. The van der Waals surface area contributed by atoms with Crippen LogP contribution in [0.15, 0.2) is 28.7 Å². The topological polar surface area (TPSA) is 112 Å². The van der Waals surface area contributed by atoms with Gasteiger partial charge in [0.05, 0.1) is 6.20 Å². The highest BCUT2D eigenvalue weighted by molar-refractivity contribution is 7.89. The van der Waals surface area contributed by atoms with Crippen molar-refractivity contribution in [3.8, 4) is 0 Å². The van der Waals surface area contributed by atoms with E-state index in [0.717, 1.165) is 11.0 Å². The van der Waals surface area contributed by atoms with Crippen LogP contribution in [0.1, 0.15) is 16.3 Å². The molecule has 9 heteroatoms. The van der Waals surface area contributed by atoms with E-state index in [1.165, 1.54) is 23.6 Å². The molecule has 21 heavy (non-hydrogen) atoms. The maximum atomic E-state index is 12.0. The fraction of sp³-hybridized carbons (Fsp3) is 0.167. The van der Waals surface area contributed by atoms with Crippen LogP contribution in [-0.4, -0.2) is 29.5 Å². The molecule has 0 aliphatic carbocycles. The fourth-order valence-corrected chi connectivity index (χ4v) is 3.44. The number of nitrogens with one attached hydrogen (secondary N) is 2. The van der Waals surface area contributed by atoms with Crippen molar-refractivity contribution in [1.29, 1.82) is 0 Å². The number of thiophene rings is 1. The molecule has 0 fully saturated rings. The highest BCUT2D eigenvalue weighted by atomic mass is 32.2. The van der Waals surface area contributed by atoms with Crippen molar-refractivity contribution >= 4 is 33.4 Å². The van der Waals surface area contributed by atoms with Crippen LogP contribution in [-0.2, 0) is 21.4 Å². The molecule has 0 aliphatic heterocycles. The van der Waals surface area contributed by atoms with E-state index in [9.17, 15) is 13.2 Å². The Morgan fingerprint density at radius 2 is 2.33 bits per heavy atom. The molecule has 7 nitrogen and oxygen atoms in total. The van der Waals surface area contributed by atoms with Crippen LogP contribution < -0.4 is 4.72 Å². The molecular formula is C12H13N3O4S2. The molecular weight excluding hydrogens is 314 g/mol. The van der Waals surface area contributed by atoms with Gasteiger partial charge in [0.15, 0.2) is 5.03 Å². The molecule has 3 N–H and O–H groups in total. The SMILES string of the molecule is Cc1ncc(S(=O)(=O)NCc2sccc2/C=C/C(=O)O)[nH]1. The first-order valence-corrected chi connectivity index (χ1v) is 8.23. The molecule has 2 rings (SSSR count). The monoisotopic (exact) mass is 327 g/mol. The number of hydrogen-bond acceptors (Lipinski definition) is 5. The van der Waals surface area contributed by atoms with Gasteiger partial charge in [0, 0.05) is 17.5 Å². The van der Waals surface area contributed by atoms with Crippen molar-refractivity contribution in [2.75, 3.05) is 0 Å². The minimum absolute atomic E-state index is 0.000755. The Morgan fingerprint density at radius 3 is 2.95 bits per heavy atom. The highest BCUT2D eigenvalue weighted by Crippen LogP contribution is 2.19. The molecule has 2 heterocycles. The summed E-state index contributed by atoms with van der Waals surface area (Å²) in [5.41, 5.74) is 0.672. The Labute approximate surface area is 125 Å². The number of carboxylic acid groups (broad SMARTS) is 1. The van der Waals surface area contributed by atoms with Gasteiger partial charge in [0.1, 0.15) is 5.82 Å². The number of aliphatic carboxylic acids is 1. The zero-order valence-electron chi connectivity index (χ0n) is 11.0. The number of H-pyrrole nitrogens is 1. The van der Waals surface area contributed by atoms with Crippen LogP contribution in [0.25, 0.3) is 6.08 Å². The van der Waals surface area contributed by atoms with Gasteiger partial charge in [-0.1, -0.05) is 0 Å². The lowest BCUT2D eigenvalue weighted by atomic mass is 10.2. The second-order valence-corrected chi connectivity index (χ2v) is 6.86. The fourth-order valence-electron chi connectivity index (χ4n) is 1.58. The maximum Gasteiger partial charge on any atom is 0.328 e. The largest absolute Gasteiger partial charge is 0.478 e. The third-order valence-electron chi connectivity index (χ3n) is 2.58. The number of aromatic amines is 1. The zero-order valence-corrected chi connectivity index (χ0v) is 12.7. The smallest absolute Gasteiger partial charge is 0.328 e. The second kappa shape index (κ2) is 6.20. The standard InChI is InChI=1S/C12H13N3O4S2/c1-8-13-7-11(15-8)21(18,19)14-6-10-9(4-5-20-10)2-3-12(16)17/h2-5,7,14H,6H2,1H3,(H,13,15)(H,16,17)/b3-2+. The summed E-state index contributed by atoms with van der Waals surface area (Å²) in [6.07, 6.45) is 3.69. The molecule has 0 unspecified atom stereocenters. The average molecular weight is 327 g/mol. The molecule has 0 atom stereocenters. The molecule has 0 aliphatic rings. The molecule has 2 aromatic rings. The number of carbonyl (C=O) groups is 1. The molecule has 0 radical (unpaired) electrons. The summed E-state index contributed by atoms with van der Waals surface area (Å²) in [7, 11) is -3.67. The lowest BCUT2D eigenvalue weighted by Crippen LogP contribution is -2.23. The minimum atomic E-state index is -3.67. The first-order valence-electron chi connectivity index (χ1n) is 5.87. The van der Waals surface area contributed by atoms with E-state index in [2.05, 4.69) is 14.7 Å².